The lowest BCUT2D eigenvalue weighted by molar-refractivity contribution is -0.124. The maximum absolute atomic E-state index is 13.9. The number of hydrogen-bond donors (Lipinski definition) is 2. The van der Waals surface area contributed by atoms with Crippen molar-refractivity contribution in [1.29, 1.82) is 0 Å². The fraction of sp³-hybridized carbons (Fsp3) is 0.296. The molecule has 1 aromatic heterocycles. The van der Waals surface area contributed by atoms with E-state index in [1.165, 1.54) is 6.20 Å². The van der Waals surface area contributed by atoms with Gasteiger partial charge in [0.25, 0.3) is 5.91 Å². The van der Waals surface area contributed by atoms with Crippen molar-refractivity contribution in [2.45, 2.75) is 25.3 Å². The van der Waals surface area contributed by atoms with Gasteiger partial charge < -0.3 is 15.4 Å². The molecule has 3 aromatic rings. The van der Waals surface area contributed by atoms with Crippen molar-refractivity contribution < 1.29 is 18.7 Å². The fourth-order valence-corrected chi connectivity index (χ4v) is 4.47. The van der Waals surface area contributed by atoms with Crippen LogP contribution >= 0.6 is 0 Å². The molecule has 8 heteroatoms. The summed E-state index contributed by atoms with van der Waals surface area (Å²) in [6.45, 7) is 4.69. The van der Waals surface area contributed by atoms with Gasteiger partial charge in [0.1, 0.15) is 5.54 Å². The van der Waals surface area contributed by atoms with E-state index in [0.717, 1.165) is 31.5 Å². The van der Waals surface area contributed by atoms with Gasteiger partial charge in [-0.1, -0.05) is 18.2 Å². The Morgan fingerprint density at radius 1 is 1.03 bits per heavy atom. The lowest BCUT2D eigenvalue weighted by Gasteiger charge is -2.34. The molecule has 1 saturated heterocycles. The molecular weight excluding hydrogens is 447 g/mol. The van der Waals surface area contributed by atoms with Crippen LogP contribution in [0.1, 0.15) is 28.8 Å². The van der Waals surface area contributed by atoms with Crippen LogP contribution in [0.15, 0.2) is 60.8 Å². The Morgan fingerprint density at radius 2 is 1.77 bits per heavy atom. The molecular formula is C27H27FN4O3. The Balaban J connectivity index is 1.27. The van der Waals surface area contributed by atoms with Gasteiger partial charge in [-0.25, -0.2) is 4.98 Å². The van der Waals surface area contributed by atoms with E-state index in [-0.39, 0.29) is 11.8 Å². The number of aryl methyl sites for hydroxylation is 1. The molecule has 2 fully saturated rings. The van der Waals surface area contributed by atoms with Gasteiger partial charge in [-0.05, 0) is 67.3 Å². The molecule has 180 valence electrons. The van der Waals surface area contributed by atoms with Crippen LogP contribution in [-0.2, 0) is 9.53 Å². The second kappa shape index (κ2) is 9.56. The zero-order valence-electron chi connectivity index (χ0n) is 19.5. The number of benzene rings is 2. The Bertz CT molecular complexity index is 1250. The number of aromatic nitrogens is 1. The lowest BCUT2D eigenvalue weighted by Crippen LogP contribution is -2.51. The van der Waals surface area contributed by atoms with Crippen LogP contribution in [0.2, 0.25) is 0 Å². The number of pyridine rings is 1. The summed E-state index contributed by atoms with van der Waals surface area (Å²) in [5.41, 5.74) is 3.13. The van der Waals surface area contributed by atoms with Gasteiger partial charge in [0.15, 0.2) is 0 Å². The van der Waals surface area contributed by atoms with Crippen LogP contribution < -0.4 is 10.6 Å². The van der Waals surface area contributed by atoms with E-state index in [1.807, 2.05) is 13.0 Å². The molecule has 2 amide bonds. The Hall–Kier alpha value is -3.62. The molecule has 35 heavy (non-hydrogen) atoms. The predicted molar refractivity (Wildman–Crippen MR) is 132 cm³/mol. The molecule has 0 bridgehead atoms. The van der Waals surface area contributed by atoms with Crippen LogP contribution in [0.5, 0.6) is 0 Å². The molecule has 1 saturated carbocycles. The largest absolute Gasteiger partial charge is 0.379 e. The zero-order chi connectivity index (χ0) is 24.4. The van der Waals surface area contributed by atoms with Gasteiger partial charge in [-0.2, -0.15) is 4.39 Å². The minimum Gasteiger partial charge on any atom is -0.379 e. The topological polar surface area (TPSA) is 83.6 Å². The van der Waals surface area contributed by atoms with Crippen LogP contribution in [0.3, 0.4) is 0 Å². The highest BCUT2D eigenvalue weighted by atomic mass is 19.1. The third kappa shape index (κ3) is 4.80. The van der Waals surface area contributed by atoms with Crippen molar-refractivity contribution >= 4 is 23.2 Å². The van der Waals surface area contributed by atoms with Crippen molar-refractivity contribution in [2.75, 3.05) is 36.9 Å². The zero-order valence-corrected chi connectivity index (χ0v) is 19.5. The normalized spacial score (nSPS) is 17.0. The number of nitrogens with one attached hydrogen (secondary N) is 2. The van der Waals surface area contributed by atoms with E-state index < -0.39 is 11.5 Å². The van der Waals surface area contributed by atoms with Gasteiger partial charge in [-0.15, -0.1) is 0 Å². The third-order valence-corrected chi connectivity index (χ3v) is 6.72. The number of rotatable bonds is 6. The number of carbonyl (C=O) groups is 2. The number of hydrogen-bond acceptors (Lipinski definition) is 5. The Morgan fingerprint density at radius 3 is 2.46 bits per heavy atom. The van der Waals surface area contributed by atoms with E-state index in [1.54, 1.807) is 48.5 Å². The molecule has 2 aromatic carbocycles. The van der Waals surface area contributed by atoms with Crippen molar-refractivity contribution in [2.24, 2.45) is 0 Å². The van der Waals surface area contributed by atoms with E-state index in [9.17, 15) is 14.0 Å². The molecule has 0 radical (unpaired) electrons. The Kier molecular flexibility index (Phi) is 6.32. The minimum absolute atomic E-state index is 0.0294. The summed E-state index contributed by atoms with van der Waals surface area (Å²) >= 11 is 0. The lowest BCUT2D eigenvalue weighted by atomic mass is 10.1. The second-order valence-electron chi connectivity index (χ2n) is 8.99. The van der Waals surface area contributed by atoms with Crippen molar-refractivity contribution in [1.82, 2.24) is 9.88 Å². The number of morpholine rings is 1. The molecule has 1 aliphatic heterocycles. The number of ether oxygens (including phenoxy) is 1. The Labute approximate surface area is 203 Å². The summed E-state index contributed by atoms with van der Waals surface area (Å²) in [5, 5.41) is 5.92. The van der Waals surface area contributed by atoms with Gasteiger partial charge >= 0.3 is 0 Å². The SMILES string of the molecule is Cc1ccc(C(=O)Nc2ccc(-c3cccnc3F)cc2)cc1NC(=O)C1(N2CCOCC2)CC1. The maximum atomic E-state index is 13.9. The van der Waals surface area contributed by atoms with Crippen LogP contribution in [0.25, 0.3) is 11.1 Å². The van der Waals surface area contributed by atoms with Crippen molar-refractivity contribution in [3.8, 4) is 11.1 Å². The second-order valence-corrected chi connectivity index (χ2v) is 8.99. The molecule has 0 atom stereocenters. The highest BCUT2D eigenvalue weighted by Crippen LogP contribution is 2.43. The highest BCUT2D eigenvalue weighted by molar-refractivity contribution is 6.06. The summed E-state index contributed by atoms with van der Waals surface area (Å²) in [6, 6.07) is 15.5. The minimum atomic E-state index is -0.542. The molecule has 5 rings (SSSR count). The number of carbonyl (C=O) groups excluding carboxylic acids is 2. The van der Waals surface area contributed by atoms with E-state index >= 15 is 0 Å². The molecule has 2 N–H and O–H groups in total. The molecule has 2 aliphatic rings. The van der Waals surface area contributed by atoms with Crippen molar-refractivity contribution in [3.05, 3.63) is 77.9 Å². The predicted octanol–water partition coefficient (Wildman–Crippen LogP) is 4.25. The maximum Gasteiger partial charge on any atom is 0.255 e. The number of halogens is 1. The van der Waals surface area contributed by atoms with Crippen LogP contribution in [-0.4, -0.2) is 53.5 Å². The van der Waals surface area contributed by atoms with Gasteiger partial charge in [0.2, 0.25) is 11.9 Å². The van der Waals surface area contributed by atoms with Gasteiger partial charge in [-0.3, -0.25) is 14.5 Å². The average molecular weight is 475 g/mol. The first kappa shape index (κ1) is 23.1. The average Bonchev–Trinajstić information content (AvgIpc) is 3.69. The monoisotopic (exact) mass is 474 g/mol. The van der Waals surface area contributed by atoms with Crippen LogP contribution in [0.4, 0.5) is 15.8 Å². The number of amides is 2. The van der Waals surface area contributed by atoms with E-state index in [2.05, 4.69) is 20.5 Å². The summed E-state index contributed by atoms with van der Waals surface area (Å²) in [4.78, 5) is 32.0. The first-order valence-corrected chi connectivity index (χ1v) is 11.7. The van der Waals surface area contributed by atoms with E-state index in [4.69, 9.17) is 4.74 Å². The number of nitrogens with zero attached hydrogens (tertiary/aromatic N) is 2. The summed E-state index contributed by atoms with van der Waals surface area (Å²) in [5.74, 6) is -0.867. The van der Waals surface area contributed by atoms with Crippen molar-refractivity contribution in [3.63, 3.8) is 0 Å². The van der Waals surface area contributed by atoms with Gasteiger partial charge in [0.05, 0.1) is 13.2 Å². The first-order chi connectivity index (χ1) is 17.0. The van der Waals surface area contributed by atoms with Gasteiger partial charge in [0, 0.05) is 41.8 Å². The molecule has 1 aliphatic carbocycles. The third-order valence-electron chi connectivity index (χ3n) is 6.72. The number of anilines is 2. The summed E-state index contributed by atoms with van der Waals surface area (Å²) < 4.78 is 19.4. The van der Waals surface area contributed by atoms with E-state index in [0.29, 0.717) is 41.3 Å². The highest BCUT2D eigenvalue weighted by Gasteiger charge is 2.54. The van der Waals surface area contributed by atoms with Crippen LogP contribution in [0, 0.1) is 12.9 Å². The summed E-state index contributed by atoms with van der Waals surface area (Å²) in [6.07, 6.45) is 3.06. The summed E-state index contributed by atoms with van der Waals surface area (Å²) in [7, 11) is 0. The quantitative estimate of drug-likeness (QED) is 0.522. The fourth-order valence-electron chi connectivity index (χ4n) is 4.47. The molecule has 7 nitrogen and oxygen atoms in total. The molecule has 2 heterocycles. The standard InChI is InChI=1S/C27H27FN4O3/c1-18-4-5-20(17-23(18)31-26(34)27(10-11-27)32-13-15-35-16-14-32)25(33)30-21-8-6-19(7-9-21)22-3-2-12-29-24(22)28/h2-9,12,17H,10-11,13-16H2,1H3,(H,30,33)(H,31,34). The molecule has 0 spiro atoms. The smallest absolute Gasteiger partial charge is 0.255 e. The molecule has 0 unspecified atom stereocenters. The first-order valence-electron chi connectivity index (χ1n) is 11.7.